The molecule has 0 aromatic heterocycles. The van der Waals surface area contributed by atoms with E-state index in [1.807, 2.05) is 30.3 Å². The Bertz CT molecular complexity index is 708. The molecule has 0 spiro atoms. The largest absolute Gasteiger partial charge is 0.344 e. The highest BCUT2D eigenvalue weighted by Gasteiger charge is 2.48. The Morgan fingerprint density at radius 1 is 1.30 bits per heavy atom. The van der Waals surface area contributed by atoms with Gasteiger partial charge in [0.1, 0.15) is 5.54 Å². The molecule has 3 N–H and O–H groups in total. The van der Waals surface area contributed by atoms with Crippen molar-refractivity contribution in [3.63, 3.8) is 0 Å². The molecule has 1 aromatic carbocycles. The molecule has 7 nitrogen and oxygen atoms in total. The van der Waals surface area contributed by atoms with Gasteiger partial charge in [-0.25, -0.2) is 4.79 Å². The van der Waals surface area contributed by atoms with E-state index in [4.69, 9.17) is 0 Å². The van der Waals surface area contributed by atoms with E-state index in [9.17, 15) is 14.4 Å². The number of aryl methyl sites for hydroxylation is 1. The molecular formula is C20H29N4O3+. The number of nitrogens with one attached hydrogen (secondary N) is 3. The Balaban J connectivity index is 1.57. The Labute approximate surface area is 160 Å². The normalized spacial score (nSPS) is 28.1. The summed E-state index contributed by atoms with van der Waals surface area (Å²) in [5.41, 5.74) is 2.61. The van der Waals surface area contributed by atoms with Gasteiger partial charge in [-0.3, -0.25) is 15.0 Å². The molecule has 146 valence electrons. The third-order valence-electron chi connectivity index (χ3n) is 5.72. The van der Waals surface area contributed by atoms with Gasteiger partial charge in [0, 0.05) is 0 Å². The number of carbonyl (C=O) groups excluding carboxylic acids is 3. The quantitative estimate of drug-likeness (QED) is 0.632. The first-order valence-electron chi connectivity index (χ1n) is 9.74. The van der Waals surface area contributed by atoms with Crippen LogP contribution in [0.5, 0.6) is 0 Å². The minimum absolute atomic E-state index is 0.277. The Morgan fingerprint density at radius 3 is 2.74 bits per heavy atom. The molecule has 2 heterocycles. The predicted molar refractivity (Wildman–Crippen MR) is 101 cm³/mol. The van der Waals surface area contributed by atoms with E-state index >= 15 is 0 Å². The van der Waals surface area contributed by atoms with Crippen molar-refractivity contribution in [3.8, 4) is 0 Å². The standard InChI is InChI=1S/C20H28N4O3/c1-15-8-6-7-13-23(15)14-17(25)22-24-18(26)20(2,21-19(24)27)12-11-16-9-4-3-5-10-16/h3-5,9-10,15H,6-8,11-14H2,1-2H3,(H,21,27)(H,22,25)/p+1/t15-,20-/m1/s1. The smallest absolute Gasteiger partial charge is 0.325 e. The van der Waals surface area contributed by atoms with Crippen LogP contribution in [-0.2, 0) is 16.0 Å². The fourth-order valence-corrected chi connectivity index (χ4v) is 3.88. The van der Waals surface area contributed by atoms with E-state index in [0.717, 1.165) is 30.0 Å². The van der Waals surface area contributed by atoms with Crippen molar-refractivity contribution >= 4 is 17.8 Å². The number of hydrogen-bond donors (Lipinski definition) is 3. The van der Waals surface area contributed by atoms with E-state index in [1.165, 1.54) is 11.3 Å². The maximum atomic E-state index is 12.8. The zero-order valence-electron chi connectivity index (χ0n) is 16.1. The summed E-state index contributed by atoms with van der Waals surface area (Å²) in [6.07, 6.45) is 4.54. The van der Waals surface area contributed by atoms with Gasteiger partial charge in [-0.1, -0.05) is 30.3 Å². The first-order valence-corrected chi connectivity index (χ1v) is 9.74. The Kier molecular flexibility index (Phi) is 5.79. The summed E-state index contributed by atoms with van der Waals surface area (Å²) in [6, 6.07) is 9.68. The van der Waals surface area contributed by atoms with Gasteiger partial charge >= 0.3 is 6.03 Å². The van der Waals surface area contributed by atoms with Crippen LogP contribution in [0, 0.1) is 0 Å². The number of rotatable bonds is 6. The molecule has 0 radical (unpaired) electrons. The van der Waals surface area contributed by atoms with Crippen molar-refractivity contribution in [1.82, 2.24) is 15.8 Å². The summed E-state index contributed by atoms with van der Waals surface area (Å²) in [5.74, 6) is -0.701. The first-order chi connectivity index (χ1) is 12.9. The Hall–Kier alpha value is -2.41. The summed E-state index contributed by atoms with van der Waals surface area (Å²) >= 11 is 0. The van der Waals surface area contributed by atoms with Crippen LogP contribution in [0.25, 0.3) is 0 Å². The number of nitrogens with zero attached hydrogens (tertiary/aromatic N) is 1. The van der Waals surface area contributed by atoms with Crippen molar-refractivity contribution in [2.75, 3.05) is 13.1 Å². The van der Waals surface area contributed by atoms with Gasteiger partial charge in [0.05, 0.1) is 12.6 Å². The molecular weight excluding hydrogens is 344 g/mol. The fourth-order valence-electron chi connectivity index (χ4n) is 3.88. The number of benzene rings is 1. The molecule has 3 rings (SSSR count). The van der Waals surface area contributed by atoms with Crippen LogP contribution in [0.15, 0.2) is 30.3 Å². The number of piperidine rings is 1. The molecule has 2 fully saturated rings. The summed E-state index contributed by atoms with van der Waals surface area (Å²) in [6.45, 7) is 5.07. The molecule has 0 aliphatic carbocycles. The van der Waals surface area contributed by atoms with Gasteiger partial charge in [-0.15, -0.1) is 0 Å². The van der Waals surface area contributed by atoms with Gasteiger partial charge in [0.2, 0.25) is 0 Å². The second kappa shape index (κ2) is 8.08. The number of hydrazine groups is 1. The third-order valence-corrected chi connectivity index (χ3v) is 5.72. The van der Waals surface area contributed by atoms with Gasteiger partial charge in [-0.05, 0) is 51.5 Å². The van der Waals surface area contributed by atoms with Crippen LogP contribution < -0.4 is 15.6 Å². The molecule has 4 amide bonds. The van der Waals surface area contributed by atoms with Crippen molar-refractivity contribution < 1.29 is 19.3 Å². The summed E-state index contributed by atoms with van der Waals surface area (Å²) < 4.78 is 0. The lowest BCUT2D eigenvalue weighted by Crippen LogP contribution is -3.17. The number of urea groups is 1. The van der Waals surface area contributed by atoms with Crippen LogP contribution in [0.3, 0.4) is 0 Å². The maximum absolute atomic E-state index is 12.8. The van der Waals surface area contributed by atoms with Crippen LogP contribution >= 0.6 is 0 Å². The number of amides is 4. The van der Waals surface area contributed by atoms with Crippen LogP contribution in [0.1, 0.15) is 45.1 Å². The number of likely N-dealkylation sites (tertiary alicyclic amines) is 1. The molecule has 27 heavy (non-hydrogen) atoms. The average molecular weight is 373 g/mol. The topological polar surface area (TPSA) is 82.9 Å². The van der Waals surface area contributed by atoms with Crippen molar-refractivity contribution in [3.05, 3.63) is 35.9 Å². The summed E-state index contributed by atoms with van der Waals surface area (Å²) in [7, 11) is 0. The molecule has 2 saturated heterocycles. The molecule has 0 bridgehead atoms. The zero-order valence-corrected chi connectivity index (χ0v) is 16.1. The molecule has 2 aliphatic heterocycles. The van der Waals surface area contributed by atoms with Gasteiger partial charge < -0.3 is 10.2 Å². The molecule has 1 aromatic rings. The van der Waals surface area contributed by atoms with Crippen LogP contribution in [-0.4, -0.2) is 47.5 Å². The Morgan fingerprint density at radius 2 is 2.04 bits per heavy atom. The SMILES string of the molecule is C[C@@H]1CCCC[NH+]1CC(=O)NN1C(=O)N[C@](C)(CCc2ccccc2)C1=O. The molecule has 7 heteroatoms. The molecule has 2 aliphatic rings. The van der Waals surface area contributed by atoms with Crippen LogP contribution in [0.2, 0.25) is 0 Å². The van der Waals surface area contributed by atoms with Crippen molar-refractivity contribution in [2.24, 2.45) is 0 Å². The highest BCUT2D eigenvalue weighted by molar-refractivity contribution is 6.07. The molecule has 3 atom stereocenters. The second-order valence-corrected chi connectivity index (χ2v) is 7.91. The maximum Gasteiger partial charge on any atom is 0.344 e. The molecule has 1 unspecified atom stereocenters. The van der Waals surface area contributed by atoms with E-state index in [2.05, 4.69) is 17.7 Å². The minimum atomic E-state index is -1.01. The van der Waals surface area contributed by atoms with E-state index in [1.54, 1.807) is 6.92 Å². The van der Waals surface area contributed by atoms with Gasteiger partial charge in [0.25, 0.3) is 11.8 Å². The van der Waals surface area contributed by atoms with Crippen LogP contribution in [0.4, 0.5) is 4.79 Å². The van der Waals surface area contributed by atoms with Crippen molar-refractivity contribution in [2.45, 2.75) is 57.5 Å². The van der Waals surface area contributed by atoms with E-state index in [0.29, 0.717) is 18.9 Å². The van der Waals surface area contributed by atoms with E-state index in [-0.39, 0.29) is 12.5 Å². The number of carbonyl (C=O) groups is 3. The number of imide groups is 1. The monoisotopic (exact) mass is 373 g/mol. The first kappa shape index (κ1) is 19.4. The number of quaternary nitrogens is 1. The van der Waals surface area contributed by atoms with Gasteiger partial charge in [0.15, 0.2) is 6.54 Å². The lowest BCUT2D eigenvalue weighted by molar-refractivity contribution is -0.921. The van der Waals surface area contributed by atoms with Crippen molar-refractivity contribution in [1.29, 1.82) is 0 Å². The lowest BCUT2D eigenvalue weighted by Gasteiger charge is -2.30. The predicted octanol–water partition coefficient (Wildman–Crippen LogP) is 0.418. The van der Waals surface area contributed by atoms with Gasteiger partial charge in [-0.2, -0.15) is 5.01 Å². The van der Waals surface area contributed by atoms with E-state index < -0.39 is 17.5 Å². The minimum Gasteiger partial charge on any atom is -0.325 e. The highest BCUT2D eigenvalue weighted by Crippen LogP contribution is 2.22. The fraction of sp³-hybridized carbons (Fsp3) is 0.550. The average Bonchev–Trinajstić information content (AvgIpc) is 2.86. The molecule has 0 saturated carbocycles. The zero-order chi connectivity index (χ0) is 19.4. The summed E-state index contributed by atoms with van der Waals surface area (Å²) in [5, 5.41) is 3.58. The summed E-state index contributed by atoms with van der Waals surface area (Å²) in [4.78, 5) is 38.6. The lowest BCUT2D eigenvalue weighted by atomic mass is 9.93. The highest BCUT2D eigenvalue weighted by atomic mass is 16.2. The third kappa shape index (κ3) is 4.47. The number of hydrogen-bond acceptors (Lipinski definition) is 3. The second-order valence-electron chi connectivity index (χ2n) is 7.91.